The Labute approximate surface area is 74.2 Å². The van der Waals surface area contributed by atoms with Crippen LogP contribution in [-0.4, -0.2) is 31.3 Å². The molecule has 7 heteroatoms. The van der Waals surface area contributed by atoms with E-state index < -0.39 is 32.3 Å². The summed E-state index contributed by atoms with van der Waals surface area (Å²) in [5.41, 5.74) is 0. The smallest absolute Gasteiger partial charge is 0.352 e. The number of rotatable bonds is 2. The van der Waals surface area contributed by atoms with E-state index in [0.29, 0.717) is 0 Å². The van der Waals surface area contributed by atoms with Crippen molar-refractivity contribution in [2.75, 3.05) is 0 Å². The fraction of sp³-hybridized carbons (Fsp3) is 0. The van der Waals surface area contributed by atoms with Crippen molar-refractivity contribution in [3.63, 3.8) is 0 Å². The van der Waals surface area contributed by atoms with Crippen LogP contribution in [0.15, 0.2) is 22.0 Å². The lowest BCUT2D eigenvalue weighted by Gasteiger charge is -2.28. The first kappa shape index (κ1) is 9.78. The van der Waals surface area contributed by atoms with E-state index in [1.807, 2.05) is 0 Å². The van der Waals surface area contributed by atoms with E-state index in [2.05, 4.69) is 0 Å². The first-order valence-electron chi connectivity index (χ1n) is 3.04. The Kier molecular flexibility index (Phi) is 2.16. The van der Waals surface area contributed by atoms with Gasteiger partial charge in [0.05, 0.1) is 0 Å². The van der Waals surface area contributed by atoms with E-state index in [4.69, 9.17) is 10.2 Å². The summed E-state index contributed by atoms with van der Waals surface area (Å²) in [6, 6.07) is 0. The largest absolute Gasteiger partial charge is 0.477 e. The molecule has 72 valence electrons. The van der Waals surface area contributed by atoms with Gasteiger partial charge in [0.2, 0.25) is 0 Å². The molecule has 0 unspecified atom stereocenters. The minimum atomic E-state index is -3.80. The van der Waals surface area contributed by atoms with Crippen molar-refractivity contribution in [3.05, 3.63) is 22.0 Å². The number of hydrogen-bond acceptors (Lipinski definition) is 4. The fourth-order valence-electron chi connectivity index (χ4n) is 0.846. The van der Waals surface area contributed by atoms with Crippen molar-refractivity contribution in [1.82, 2.24) is 0 Å². The molecule has 0 radical (unpaired) electrons. The normalized spacial score (nSPS) is 21.7. The highest BCUT2D eigenvalue weighted by Gasteiger charge is 2.36. The summed E-state index contributed by atoms with van der Waals surface area (Å²) in [5, 5.41) is 16.9. The van der Waals surface area contributed by atoms with Gasteiger partial charge in [0.1, 0.15) is 9.81 Å². The quantitative estimate of drug-likeness (QED) is 0.528. The molecule has 0 bridgehead atoms. The van der Waals surface area contributed by atoms with E-state index in [1.54, 1.807) is 0 Å². The summed E-state index contributed by atoms with van der Waals surface area (Å²) in [4.78, 5) is 19.4. The van der Waals surface area contributed by atoms with Gasteiger partial charge in [-0.15, -0.1) is 10.6 Å². The molecule has 13 heavy (non-hydrogen) atoms. The molecule has 0 aliphatic carbocycles. The first-order valence-corrected chi connectivity index (χ1v) is 4.59. The molecule has 1 aliphatic heterocycles. The summed E-state index contributed by atoms with van der Waals surface area (Å²) in [7, 11) is -3.80. The van der Waals surface area contributed by atoms with Crippen molar-refractivity contribution >= 4 is 22.5 Å². The molecule has 0 aromatic carbocycles. The van der Waals surface area contributed by atoms with E-state index in [-0.39, 0.29) is 0 Å². The maximum absolute atomic E-state index is 10.4. The lowest BCUT2D eigenvalue weighted by Crippen LogP contribution is -2.13. The minimum Gasteiger partial charge on any atom is -0.477 e. The van der Waals surface area contributed by atoms with E-state index in [0.717, 1.165) is 12.2 Å². The zero-order chi connectivity index (χ0) is 10.2. The third-order valence-corrected chi connectivity index (χ3v) is 3.27. The summed E-state index contributed by atoms with van der Waals surface area (Å²) < 4.78 is 18.4. The molecule has 0 amide bonds. The molecule has 0 aromatic heterocycles. The summed E-state index contributed by atoms with van der Waals surface area (Å²) in [6.07, 6.45) is 1.75. The van der Waals surface area contributed by atoms with Crippen molar-refractivity contribution in [1.29, 1.82) is 0 Å². The zero-order valence-corrected chi connectivity index (χ0v) is 6.98. The Hall–Kier alpha value is -1.31. The average Bonchev–Trinajstić information content (AvgIpc) is 2.24. The zero-order valence-electron chi connectivity index (χ0n) is 6.17. The monoisotopic (exact) mass is 206 g/mol. The summed E-state index contributed by atoms with van der Waals surface area (Å²) >= 11 is 0. The second-order valence-corrected chi connectivity index (χ2v) is 4.20. The Morgan fingerprint density at radius 1 is 1.00 bits per heavy atom. The Balaban J connectivity index is 3.07. The van der Waals surface area contributed by atoms with Gasteiger partial charge >= 0.3 is 11.9 Å². The van der Waals surface area contributed by atoms with Crippen LogP contribution in [0.1, 0.15) is 0 Å². The molecule has 0 atom stereocenters. The highest BCUT2D eigenvalue weighted by molar-refractivity contribution is 8.32. The lowest BCUT2D eigenvalue weighted by atomic mass is 10.4. The molecule has 6 nitrogen and oxygen atoms in total. The highest BCUT2D eigenvalue weighted by atomic mass is 32.3. The third kappa shape index (κ3) is 1.44. The topological polar surface area (TPSA) is 115 Å². The fourth-order valence-corrected chi connectivity index (χ4v) is 2.09. The van der Waals surface area contributed by atoms with Crippen LogP contribution in [-0.2, 0) is 9.59 Å². The standard InChI is InChI=1S/C6H6O6S/c7-5(8)3-1-2-4(6(9)10)13(3,11)12/h1-2,11-12H,(H,7,8)(H,9,10). The number of carboxylic acid groups (broad SMARTS) is 2. The van der Waals surface area contributed by atoms with Gasteiger partial charge in [-0.05, 0) is 12.2 Å². The van der Waals surface area contributed by atoms with Crippen LogP contribution in [0.3, 0.4) is 0 Å². The SMILES string of the molecule is O=C(O)C1=CC=C(C(=O)O)S1(O)O. The average molecular weight is 206 g/mol. The molecular formula is C6H6O6S. The minimum absolute atomic E-state index is 0.690. The third-order valence-electron chi connectivity index (χ3n) is 1.42. The van der Waals surface area contributed by atoms with Gasteiger partial charge < -0.3 is 10.2 Å². The molecule has 1 aliphatic rings. The number of aliphatic carboxylic acids is 2. The molecule has 0 saturated heterocycles. The van der Waals surface area contributed by atoms with Crippen molar-refractivity contribution < 1.29 is 28.9 Å². The second kappa shape index (κ2) is 2.87. The molecule has 0 spiro atoms. The van der Waals surface area contributed by atoms with Crippen LogP contribution in [0.4, 0.5) is 0 Å². The summed E-state index contributed by atoms with van der Waals surface area (Å²) in [5.74, 6) is -3.07. The number of carbonyl (C=O) groups is 2. The second-order valence-electron chi connectivity index (χ2n) is 2.22. The van der Waals surface area contributed by atoms with Gasteiger partial charge in [-0.2, -0.15) is 0 Å². The molecule has 0 saturated carbocycles. The van der Waals surface area contributed by atoms with E-state index in [9.17, 15) is 18.7 Å². The predicted octanol–water partition coefficient (Wildman–Crippen LogP) is 0.688. The molecule has 1 rings (SSSR count). The highest BCUT2D eigenvalue weighted by Crippen LogP contribution is 2.58. The van der Waals surface area contributed by atoms with Crippen molar-refractivity contribution in [2.24, 2.45) is 0 Å². The first-order chi connectivity index (χ1) is 5.87. The van der Waals surface area contributed by atoms with Crippen LogP contribution in [0.2, 0.25) is 0 Å². The Morgan fingerprint density at radius 2 is 1.31 bits per heavy atom. The van der Waals surface area contributed by atoms with Gasteiger partial charge in [-0.25, -0.2) is 9.59 Å². The molecule has 0 fully saturated rings. The van der Waals surface area contributed by atoms with Gasteiger partial charge in [0.25, 0.3) is 0 Å². The van der Waals surface area contributed by atoms with Crippen molar-refractivity contribution in [2.45, 2.75) is 0 Å². The van der Waals surface area contributed by atoms with Gasteiger partial charge in [0.15, 0.2) is 0 Å². The van der Waals surface area contributed by atoms with Crippen molar-refractivity contribution in [3.8, 4) is 0 Å². The maximum atomic E-state index is 10.4. The predicted molar refractivity (Wildman–Crippen MR) is 44.3 cm³/mol. The van der Waals surface area contributed by atoms with Gasteiger partial charge in [-0.1, -0.05) is 0 Å². The van der Waals surface area contributed by atoms with Crippen LogP contribution < -0.4 is 0 Å². The molecule has 1 heterocycles. The molecular weight excluding hydrogens is 200 g/mol. The van der Waals surface area contributed by atoms with Gasteiger partial charge in [0, 0.05) is 0 Å². The number of hydrogen-bond donors (Lipinski definition) is 4. The maximum Gasteiger partial charge on any atom is 0.352 e. The van der Waals surface area contributed by atoms with E-state index >= 15 is 0 Å². The lowest BCUT2D eigenvalue weighted by molar-refractivity contribution is -0.132. The molecule has 0 aromatic rings. The Morgan fingerprint density at radius 3 is 1.46 bits per heavy atom. The van der Waals surface area contributed by atoms with Gasteiger partial charge in [-0.3, -0.25) is 9.11 Å². The van der Waals surface area contributed by atoms with E-state index in [1.165, 1.54) is 0 Å². The number of allylic oxidation sites excluding steroid dienone is 2. The molecule has 4 N–H and O–H groups in total. The van der Waals surface area contributed by atoms with Crippen LogP contribution in [0, 0.1) is 0 Å². The van der Waals surface area contributed by atoms with Crippen LogP contribution in [0.25, 0.3) is 0 Å². The number of carboxylic acids is 2. The summed E-state index contributed by atoms with van der Waals surface area (Å²) in [6.45, 7) is 0. The van der Waals surface area contributed by atoms with Crippen LogP contribution in [0.5, 0.6) is 0 Å². The Bertz CT molecular complexity index is 307. The van der Waals surface area contributed by atoms with Crippen LogP contribution >= 0.6 is 10.6 Å².